The number of allylic oxidation sites excluding steroid dienone is 4. The molecular weight excluding hydrogens is 656 g/mol. The molecule has 0 N–H and O–H groups in total. The van der Waals surface area contributed by atoms with E-state index in [1.807, 2.05) is 90.1 Å². The third-order valence-corrected chi connectivity index (χ3v) is 9.16. The molecule has 274 valence electrons. The molecule has 8 heteroatoms. The Kier molecular flexibility index (Phi) is 12.5. The first-order valence-electron chi connectivity index (χ1n) is 17.6. The van der Waals surface area contributed by atoms with Gasteiger partial charge in [0.15, 0.2) is 0 Å². The first-order chi connectivity index (χ1) is 24.4. The van der Waals surface area contributed by atoms with Crippen LogP contribution in [-0.2, 0) is 31.0 Å². The van der Waals surface area contributed by atoms with Crippen LogP contribution >= 0.6 is 0 Å². The fourth-order valence-electron chi connectivity index (χ4n) is 6.49. The van der Waals surface area contributed by atoms with Crippen molar-refractivity contribution in [2.75, 3.05) is 0 Å². The molecule has 4 aromatic carbocycles. The van der Waals surface area contributed by atoms with Gasteiger partial charge in [-0.2, -0.15) is 0 Å². The van der Waals surface area contributed by atoms with Gasteiger partial charge in [0.2, 0.25) is 0 Å². The molecule has 52 heavy (non-hydrogen) atoms. The van der Waals surface area contributed by atoms with Crippen LogP contribution in [0.25, 0.3) is 21.5 Å². The van der Waals surface area contributed by atoms with E-state index in [4.69, 9.17) is 18.9 Å². The summed E-state index contributed by atoms with van der Waals surface area (Å²) < 4.78 is 23.6. The van der Waals surface area contributed by atoms with Crippen LogP contribution in [0.3, 0.4) is 0 Å². The van der Waals surface area contributed by atoms with E-state index in [2.05, 4.69) is 26.8 Å². The van der Waals surface area contributed by atoms with Gasteiger partial charge < -0.3 is 18.9 Å². The van der Waals surface area contributed by atoms with Gasteiger partial charge in [-0.15, -0.1) is 0 Å². The molecule has 4 rings (SSSR count). The smallest absolute Gasteiger partial charge is 0.311 e. The Balaban J connectivity index is 1.69. The molecule has 0 atom stereocenters. The monoisotopic (exact) mass is 706 g/mol. The van der Waals surface area contributed by atoms with E-state index in [-0.39, 0.29) is 12.8 Å². The molecule has 0 aliphatic heterocycles. The molecular formula is C44H50O8. The summed E-state index contributed by atoms with van der Waals surface area (Å²) in [5.41, 5.74) is 4.42. The van der Waals surface area contributed by atoms with Crippen molar-refractivity contribution in [3.63, 3.8) is 0 Å². The topological polar surface area (TPSA) is 105 Å². The molecule has 0 heterocycles. The normalized spacial score (nSPS) is 11.8. The van der Waals surface area contributed by atoms with Crippen molar-refractivity contribution in [1.29, 1.82) is 0 Å². The van der Waals surface area contributed by atoms with E-state index in [9.17, 15) is 19.2 Å². The summed E-state index contributed by atoms with van der Waals surface area (Å²) >= 11 is 0. The molecule has 0 aliphatic rings. The Hall–Kier alpha value is -5.24. The second kappa shape index (κ2) is 16.4. The number of fused-ring (bicyclic) bond motifs is 2. The van der Waals surface area contributed by atoms with Crippen molar-refractivity contribution in [1.82, 2.24) is 0 Å². The van der Waals surface area contributed by atoms with Crippen LogP contribution < -0.4 is 18.9 Å². The van der Waals surface area contributed by atoms with Gasteiger partial charge in [0.1, 0.15) is 23.0 Å². The van der Waals surface area contributed by atoms with Gasteiger partial charge in [-0.25, -0.2) is 0 Å². The van der Waals surface area contributed by atoms with Gasteiger partial charge in [-0.1, -0.05) is 99.5 Å². The first-order valence-corrected chi connectivity index (χ1v) is 17.6. The van der Waals surface area contributed by atoms with Crippen LogP contribution in [-0.4, -0.2) is 23.9 Å². The van der Waals surface area contributed by atoms with Gasteiger partial charge in [0.05, 0.1) is 12.8 Å². The Morgan fingerprint density at radius 1 is 0.635 bits per heavy atom. The van der Waals surface area contributed by atoms with E-state index in [0.717, 1.165) is 22.3 Å². The number of hydrogen-bond donors (Lipinski definition) is 0. The lowest BCUT2D eigenvalue weighted by Gasteiger charge is -2.30. The SMILES string of the molecule is CC(=O)Oc1c(CC=C(C)C)c(C)c(OC(=O)CCC(=O)Oc2c(C)c(C(C)(C)/C=C(\C)C(C)C)c(OC(C)=O)c3ccccc23)c2ccccc12. The highest BCUT2D eigenvalue weighted by atomic mass is 16.6. The third kappa shape index (κ3) is 8.97. The highest BCUT2D eigenvalue weighted by Crippen LogP contribution is 2.47. The quantitative estimate of drug-likeness (QED) is 0.0814. The fraction of sp³-hybridized carbons (Fsp3) is 0.364. The van der Waals surface area contributed by atoms with Gasteiger partial charge in [0, 0.05) is 57.5 Å². The zero-order valence-corrected chi connectivity index (χ0v) is 32.2. The van der Waals surface area contributed by atoms with Crippen LogP contribution in [0.2, 0.25) is 0 Å². The highest BCUT2D eigenvalue weighted by Gasteiger charge is 2.31. The first kappa shape index (κ1) is 39.5. The molecule has 0 aliphatic carbocycles. The lowest BCUT2D eigenvalue weighted by Crippen LogP contribution is -2.21. The standard InChI is InChI=1S/C44H50O8/c1-25(2)20-21-32-28(6)40(33-16-12-14-18-35(33)42(32)49-30(8)45)51-37(47)22-23-38(48)52-41-29(7)39(44(10,11)24-27(5)26(3)4)43(50-31(9)46)36-19-15-13-17-34(36)41/h12-20,24,26H,21-23H2,1-11H3/b27-24+. The minimum atomic E-state index is -0.612. The summed E-state index contributed by atoms with van der Waals surface area (Å²) in [6, 6.07) is 14.6. The summed E-state index contributed by atoms with van der Waals surface area (Å²) in [6.45, 7) is 20.7. The Bertz CT molecular complexity index is 2110. The van der Waals surface area contributed by atoms with Crippen molar-refractivity contribution in [2.24, 2.45) is 5.92 Å². The van der Waals surface area contributed by atoms with Crippen molar-refractivity contribution >= 4 is 45.4 Å². The number of esters is 4. The summed E-state index contributed by atoms with van der Waals surface area (Å²) in [5, 5.41) is 2.49. The second-order valence-corrected chi connectivity index (χ2v) is 14.4. The molecule has 0 amide bonds. The molecule has 0 radical (unpaired) electrons. The molecule has 0 bridgehead atoms. The highest BCUT2D eigenvalue weighted by molar-refractivity contribution is 6.00. The number of hydrogen-bond acceptors (Lipinski definition) is 8. The number of ether oxygens (including phenoxy) is 4. The van der Waals surface area contributed by atoms with Crippen LogP contribution in [0.5, 0.6) is 23.0 Å². The van der Waals surface area contributed by atoms with Gasteiger partial charge in [-0.05, 0) is 52.5 Å². The molecule has 0 unspecified atom stereocenters. The zero-order valence-electron chi connectivity index (χ0n) is 32.2. The molecule has 4 aromatic rings. The number of carbonyl (C=O) groups is 4. The van der Waals surface area contributed by atoms with Crippen LogP contribution in [0, 0.1) is 19.8 Å². The summed E-state index contributed by atoms with van der Waals surface area (Å²) in [7, 11) is 0. The lowest BCUT2D eigenvalue weighted by atomic mass is 9.77. The Labute approximate surface area is 306 Å². The average molecular weight is 707 g/mol. The maximum absolute atomic E-state index is 13.5. The predicted molar refractivity (Wildman–Crippen MR) is 205 cm³/mol. The molecule has 8 nitrogen and oxygen atoms in total. The van der Waals surface area contributed by atoms with Gasteiger partial charge >= 0.3 is 23.9 Å². The minimum Gasteiger partial charge on any atom is -0.426 e. The number of rotatable bonds is 12. The van der Waals surface area contributed by atoms with Crippen molar-refractivity contribution in [3.8, 4) is 23.0 Å². The van der Waals surface area contributed by atoms with E-state index < -0.39 is 29.3 Å². The maximum Gasteiger partial charge on any atom is 0.311 e. The van der Waals surface area contributed by atoms with Crippen molar-refractivity contribution < 1.29 is 38.1 Å². The zero-order chi connectivity index (χ0) is 38.5. The molecule has 0 saturated carbocycles. The van der Waals surface area contributed by atoms with Gasteiger partial charge in [0.25, 0.3) is 0 Å². The molecule has 0 aromatic heterocycles. The average Bonchev–Trinajstić information content (AvgIpc) is 3.06. The van der Waals surface area contributed by atoms with E-state index >= 15 is 0 Å². The molecule has 0 spiro atoms. The van der Waals surface area contributed by atoms with E-state index in [1.54, 1.807) is 6.07 Å². The third-order valence-electron chi connectivity index (χ3n) is 9.16. The van der Waals surface area contributed by atoms with Crippen LogP contribution in [0.15, 0.2) is 71.8 Å². The van der Waals surface area contributed by atoms with E-state index in [1.165, 1.54) is 13.8 Å². The predicted octanol–water partition coefficient (Wildman–Crippen LogP) is 10.1. The largest absolute Gasteiger partial charge is 0.426 e. The summed E-state index contributed by atoms with van der Waals surface area (Å²) in [4.78, 5) is 51.4. The Morgan fingerprint density at radius 2 is 1.06 bits per heavy atom. The number of carbonyl (C=O) groups excluding carboxylic acids is 4. The van der Waals surface area contributed by atoms with E-state index in [0.29, 0.717) is 68.0 Å². The fourth-order valence-corrected chi connectivity index (χ4v) is 6.49. The summed E-state index contributed by atoms with van der Waals surface area (Å²) in [5.74, 6) is -0.283. The maximum atomic E-state index is 13.5. The van der Waals surface area contributed by atoms with Crippen LogP contribution in [0.1, 0.15) is 97.4 Å². The van der Waals surface area contributed by atoms with Crippen molar-refractivity contribution in [3.05, 3.63) is 94.1 Å². The van der Waals surface area contributed by atoms with Crippen molar-refractivity contribution in [2.45, 2.75) is 101 Å². The lowest BCUT2D eigenvalue weighted by molar-refractivity contribution is -0.140. The number of benzene rings is 4. The van der Waals surface area contributed by atoms with Crippen LogP contribution in [0.4, 0.5) is 0 Å². The molecule has 0 fully saturated rings. The summed E-state index contributed by atoms with van der Waals surface area (Å²) in [6.07, 6.45) is 4.16. The Morgan fingerprint density at radius 3 is 1.50 bits per heavy atom. The molecule has 0 saturated heterocycles. The second-order valence-electron chi connectivity index (χ2n) is 14.4. The minimum absolute atomic E-state index is 0.237. The van der Waals surface area contributed by atoms with Gasteiger partial charge in [-0.3, -0.25) is 19.2 Å².